The molecule has 6 atom stereocenters. The predicted octanol–water partition coefficient (Wildman–Crippen LogP) is 12.6. The number of unbranched alkanes of at least 4 members (excludes halogenated alkanes) is 11. The maximum Gasteiger partial charge on any atom is 0.410 e. The number of carbonyl (C=O) groups is 1. The van der Waals surface area contributed by atoms with Gasteiger partial charge in [-0.15, -0.1) is 6.58 Å². The number of oxime groups is 1. The van der Waals surface area contributed by atoms with Gasteiger partial charge in [-0.3, -0.25) is 4.90 Å². The Kier molecular flexibility index (Phi) is 19.3. The molecule has 3 aromatic rings. The molecule has 0 unspecified atom stereocenters. The fourth-order valence-corrected chi connectivity index (χ4v) is 11.1. The third kappa shape index (κ3) is 12.7. The Bertz CT molecular complexity index is 2210. The van der Waals surface area contributed by atoms with E-state index in [1.165, 1.54) is 50.5 Å². The van der Waals surface area contributed by atoms with Gasteiger partial charge in [-0.2, -0.15) is 0 Å². The number of rotatable bonds is 28. The van der Waals surface area contributed by atoms with Crippen molar-refractivity contribution in [2.24, 2.45) is 22.9 Å². The van der Waals surface area contributed by atoms with Gasteiger partial charge in [-0.05, 0) is 123 Å². The summed E-state index contributed by atoms with van der Waals surface area (Å²) in [6.45, 7) is 11.4. The molecule has 1 fully saturated rings. The van der Waals surface area contributed by atoms with Gasteiger partial charge in [0, 0.05) is 37.7 Å². The standard InChI is InChI=1S/C57H78N2O10/c1-6-8-9-10-11-12-13-14-15-20-32-64-56(62)59(38-42-24-27-51-52(34-42)66-39-65-51)53-37-49(58-63-5)47-35-43(21-16-18-29-60)46(22-17-19-30-61)54-48-36-45(68-44-25-23-40(3)41(4)33-44)26-28-50(48)69-57(53,55(47)54)67-31-7-2/h7,23-28,33-36,43,46,53-55,60-61H,2,6,8-22,29-32,37-39H2,1,3-5H3/t43-,46+,53-,54+,55+,57+/m0/s1. The molecule has 0 bridgehead atoms. The Balaban J connectivity index is 1.31. The van der Waals surface area contributed by atoms with E-state index < -0.39 is 23.8 Å². The van der Waals surface area contributed by atoms with Gasteiger partial charge in [-0.25, -0.2) is 4.79 Å². The Morgan fingerprint density at radius 2 is 1.52 bits per heavy atom. The van der Waals surface area contributed by atoms with E-state index in [0.717, 1.165) is 73.0 Å². The number of nitrogens with zero attached hydrogens (tertiary/aromatic N) is 2. The van der Waals surface area contributed by atoms with E-state index in [4.69, 9.17) is 38.4 Å². The summed E-state index contributed by atoms with van der Waals surface area (Å²) < 4.78 is 39.1. The average molecular weight is 951 g/mol. The van der Waals surface area contributed by atoms with Crippen molar-refractivity contribution in [3.05, 3.63) is 101 Å². The number of aliphatic hydroxyl groups is 2. The topological polar surface area (TPSA) is 138 Å². The number of aryl methyl sites for hydroxylation is 2. The van der Waals surface area contributed by atoms with Crippen molar-refractivity contribution in [1.29, 1.82) is 0 Å². The molecule has 0 aromatic heterocycles. The van der Waals surface area contributed by atoms with Crippen molar-refractivity contribution < 1.29 is 48.3 Å². The maximum absolute atomic E-state index is 15.1. The van der Waals surface area contributed by atoms with Crippen LogP contribution in [0.3, 0.4) is 0 Å². The second kappa shape index (κ2) is 25.7. The number of fused-ring (bicyclic) bond motifs is 3. The molecule has 0 radical (unpaired) electrons. The Labute approximate surface area is 411 Å². The number of carbonyl (C=O) groups excluding carboxylic acids is 1. The molecule has 0 spiro atoms. The van der Waals surface area contributed by atoms with Crippen LogP contribution in [0.5, 0.6) is 28.7 Å². The number of ether oxygens (including phenoxy) is 6. The zero-order valence-corrected chi connectivity index (χ0v) is 41.8. The molecule has 12 heteroatoms. The number of allylic oxidation sites excluding steroid dienone is 1. The van der Waals surface area contributed by atoms with Crippen LogP contribution in [0.1, 0.15) is 144 Å². The first-order chi connectivity index (χ1) is 33.7. The highest BCUT2D eigenvalue weighted by Gasteiger charge is 2.65. The summed E-state index contributed by atoms with van der Waals surface area (Å²) in [6, 6.07) is 17.1. The van der Waals surface area contributed by atoms with Crippen LogP contribution in [0.25, 0.3) is 0 Å². The number of benzene rings is 3. The highest BCUT2D eigenvalue weighted by atomic mass is 16.7. The molecular weight excluding hydrogens is 873 g/mol. The van der Waals surface area contributed by atoms with Crippen LogP contribution >= 0.6 is 0 Å². The lowest BCUT2D eigenvalue weighted by atomic mass is 9.55. The third-order valence-corrected chi connectivity index (χ3v) is 14.7. The summed E-state index contributed by atoms with van der Waals surface area (Å²) in [5.74, 6) is 1.36. The first kappa shape index (κ1) is 51.8. The molecule has 2 aliphatic heterocycles. The largest absolute Gasteiger partial charge is 0.459 e. The Hall–Kier alpha value is -5.04. The molecule has 1 saturated carbocycles. The van der Waals surface area contributed by atoms with E-state index in [2.05, 4.69) is 51.6 Å². The van der Waals surface area contributed by atoms with Crippen LogP contribution < -0.4 is 18.9 Å². The van der Waals surface area contributed by atoms with Crippen molar-refractivity contribution in [1.82, 2.24) is 4.90 Å². The fourth-order valence-electron chi connectivity index (χ4n) is 11.1. The van der Waals surface area contributed by atoms with E-state index in [-0.39, 0.29) is 63.9 Å². The molecule has 4 aliphatic rings. The van der Waals surface area contributed by atoms with E-state index in [0.29, 0.717) is 41.6 Å². The van der Waals surface area contributed by atoms with Crippen molar-refractivity contribution in [3.63, 3.8) is 0 Å². The van der Waals surface area contributed by atoms with E-state index in [1.807, 2.05) is 36.4 Å². The van der Waals surface area contributed by atoms with Crippen molar-refractivity contribution in [2.75, 3.05) is 40.3 Å². The summed E-state index contributed by atoms with van der Waals surface area (Å²) in [7, 11) is 1.56. The van der Waals surface area contributed by atoms with Crippen LogP contribution in [0.15, 0.2) is 84.1 Å². The van der Waals surface area contributed by atoms with Crippen molar-refractivity contribution in [3.8, 4) is 28.7 Å². The zero-order valence-electron chi connectivity index (χ0n) is 41.8. The van der Waals surface area contributed by atoms with Crippen LogP contribution in [0.4, 0.5) is 4.79 Å². The summed E-state index contributed by atoms with van der Waals surface area (Å²) in [5, 5.41) is 24.8. The normalized spacial score (nSPS) is 22.6. The van der Waals surface area contributed by atoms with Crippen LogP contribution in [-0.4, -0.2) is 79.1 Å². The van der Waals surface area contributed by atoms with Gasteiger partial charge in [0.1, 0.15) is 30.4 Å². The molecule has 376 valence electrons. The van der Waals surface area contributed by atoms with Crippen LogP contribution in [-0.2, 0) is 20.9 Å². The van der Waals surface area contributed by atoms with Crippen molar-refractivity contribution >= 4 is 11.8 Å². The monoisotopic (exact) mass is 951 g/mol. The van der Waals surface area contributed by atoms with Gasteiger partial charge in [0.25, 0.3) is 0 Å². The SMILES string of the molecule is C=CCO[C@@]12Oc3ccc(Oc4ccc(C)c(C)c4)cc3[C@H]3[C@H](CCCCO)[C@@H](CCCCO)C=C(C(=NOC)C[C@@H]1N(Cc1ccc4c(c1)OCO4)C(=O)OCCCCCCCCCCCC)[C@H]32. The van der Waals surface area contributed by atoms with E-state index >= 15 is 4.79 Å². The lowest BCUT2D eigenvalue weighted by molar-refractivity contribution is -0.256. The lowest BCUT2D eigenvalue weighted by Crippen LogP contribution is -2.70. The van der Waals surface area contributed by atoms with Gasteiger partial charge in [0.2, 0.25) is 12.6 Å². The second-order valence-corrected chi connectivity index (χ2v) is 19.4. The summed E-state index contributed by atoms with van der Waals surface area (Å²) >= 11 is 0. The maximum atomic E-state index is 15.1. The first-order valence-corrected chi connectivity index (χ1v) is 25.9. The molecule has 2 aliphatic carbocycles. The molecule has 12 nitrogen and oxygen atoms in total. The molecule has 1 amide bonds. The van der Waals surface area contributed by atoms with E-state index in [1.54, 1.807) is 18.1 Å². The predicted molar refractivity (Wildman–Crippen MR) is 269 cm³/mol. The summed E-state index contributed by atoms with van der Waals surface area (Å²) in [4.78, 5) is 22.5. The molecular formula is C57H78N2O10. The minimum Gasteiger partial charge on any atom is -0.459 e. The number of aliphatic hydroxyl groups excluding tert-OH is 2. The highest BCUT2D eigenvalue weighted by molar-refractivity contribution is 6.03. The van der Waals surface area contributed by atoms with Crippen LogP contribution in [0.2, 0.25) is 0 Å². The minimum absolute atomic E-state index is 0.0587. The fraction of sp³-hybridized carbons (Fsp3) is 0.579. The second-order valence-electron chi connectivity index (χ2n) is 19.4. The third-order valence-electron chi connectivity index (χ3n) is 14.7. The highest BCUT2D eigenvalue weighted by Crippen LogP contribution is 2.62. The van der Waals surface area contributed by atoms with Gasteiger partial charge in [0.15, 0.2) is 11.5 Å². The quantitative estimate of drug-likeness (QED) is 0.0411. The smallest absolute Gasteiger partial charge is 0.410 e. The number of hydrogen-bond acceptors (Lipinski definition) is 11. The summed E-state index contributed by atoms with van der Waals surface area (Å²) in [5.41, 5.74) is 5.81. The average Bonchev–Trinajstić information content (AvgIpc) is 3.83. The zero-order chi connectivity index (χ0) is 48.6. The minimum atomic E-state index is -1.45. The molecule has 3 aromatic carbocycles. The number of amides is 1. The summed E-state index contributed by atoms with van der Waals surface area (Å²) in [6.07, 6.45) is 20.2. The van der Waals surface area contributed by atoms with Gasteiger partial charge < -0.3 is 43.5 Å². The Morgan fingerprint density at radius 3 is 2.25 bits per heavy atom. The number of hydrogen-bond donors (Lipinski definition) is 2. The first-order valence-electron chi connectivity index (χ1n) is 25.9. The van der Waals surface area contributed by atoms with Crippen LogP contribution in [0, 0.1) is 31.6 Å². The molecule has 2 N–H and O–H groups in total. The van der Waals surface area contributed by atoms with Crippen molar-refractivity contribution in [2.45, 2.75) is 154 Å². The molecule has 69 heavy (non-hydrogen) atoms. The molecule has 2 heterocycles. The molecule has 0 saturated heterocycles. The Morgan fingerprint density at radius 1 is 0.826 bits per heavy atom. The lowest BCUT2D eigenvalue weighted by Gasteiger charge is -2.59. The molecule has 7 rings (SSSR count). The van der Waals surface area contributed by atoms with Gasteiger partial charge in [-0.1, -0.05) is 107 Å². The van der Waals surface area contributed by atoms with Gasteiger partial charge in [0.05, 0.1) is 24.8 Å². The van der Waals surface area contributed by atoms with Gasteiger partial charge >= 0.3 is 6.09 Å². The van der Waals surface area contributed by atoms with E-state index in [9.17, 15) is 10.2 Å².